The van der Waals surface area contributed by atoms with Gasteiger partial charge in [-0.2, -0.15) is 0 Å². The van der Waals surface area contributed by atoms with Crippen molar-refractivity contribution in [1.29, 1.82) is 0 Å². The highest BCUT2D eigenvalue weighted by Crippen LogP contribution is 2.21. The number of aliphatic hydroxyl groups is 1. The number of aliphatic hydroxyl groups excluding tert-OH is 1. The maximum atomic E-state index is 12.3. The molecule has 0 aliphatic carbocycles. The number of benzene rings is 1. The molecule has 0 amide bonds. The van der Waals surface area contributed by atoms with E-state index in [2.05, 4.69) is 22.0 Å². The summed E-state index contributed by atoms with van der Waals surface area (Å²) in [5.41, 5.74) is 1.70. The van der Waals surface area contributed by atoms with Crippen LogP contribution < -0.4 is 5.56 Å². The number of likely N-dealkylation sites (tertiary alicyclic amines) is 1. The van der Waals surface area contributed by atoms with Gasteiger partial charge in [0.15, 0.2) is 0 Å². The Labute approximate surface area is 134 Å². The van der Waals surface area contributed by atoms with Gasteiger partial charge in [0.1, 0.15) is 0 Å². The lowest BCUT2D eigenvalue weighted by molar-refractivity contribution is 0.115. The summed E-state index contributed by atoms with van der Waals surface area (Å²) in [5.74, 6) is 0.345. The van der Waals surface area contributed by atoms with Crippen LogP contribution in [0.1, 0.15) is 18.4 Å². The molecule has 1 aromatic carbocycles. The molecule has 0 spiro atoms. The molecule has 4 nitrogen and oxygen atoms in total. The van der Waals surface area contributed by atoms with Gasteiger partial charge in [-0.15, -0.1) is 11.8 Å². The van der Waals surface area contributed by atoms with Crippen LogP contribution in [0.4, 0.5) is 0 Å². The third kappa shape index (κ3) is 3.37. The third-order valence-electron chi connectivity index (χ3n) is 4.39. The van der Waals surface area contributed by atoms with Crippen molar-refractivity contribution in [3.05, 3.63) is 40.2 Å². The van der Waals surface area contributed by atoms with Crippen LogP contribution in [0.5, 0.6) is 0 Å². The van der Waals surface area contributed by atoms with Crippen LogP contribution in [0.2, 0.25) is 0 Å². The number of hydrogen-bond donors (Lipinski definition) is 2. The van der Waals surface area contributed by atoms with Crippen molar-refractivity contribution in [2.45, 2.75) is 24.3 Å². The first-order chi connectivity index (χ1) is 10.7. The molecule has 2 aromatic rings. The number of nitrogens with one attached hydrogen (secondary N) is 1. The Bertz CT molecular complexity index is 713. The van der Waals surface area contributed by atoms with Crippen molar-refractivity contribution in [3.8, 4) is 0 Å². The molecule has 3 rings (SSSR count). The van der Waals surface area contributed by atoms with Crippen LogP contribution in [0.25, 0.3) is 10.9 Å². The number of aromatic nitrogens is 1. The molecule has 1 saturated heterocycles. The van der Waals surface area contributed by atoms with Crippen molar-refractivity contribution >= 4 is 22.7 Å². The normalized spacial score (nSPS) is 19.6. The molecular formula is C17H22N2O2S. The molecule has 22 heavy (non-hydrogen) atoms. The molecule has 1 fully saturated rings. The van der Waals surface area contributed by atoms with Crippen LogP contribution in [-0.2, 0) is 6.54 Å². The highest BCUT2D eigenvalue weighted by molar-refractivity contribution is 7.98. The fraction of sp³-hybridized carbons (Fsp3) is 0.471. The second-order valence-electron chi connectivity index (χ2n) is 6.00. The van der Waals surface area contributed by atoms with Crippen molar-refractivity contribution < 1.29 is 5.11 Å². The maximum Gasteiger partial charge on any atom is 0.252 e. The number of H-pyrrole nitrogens is 1. The van der Waals surface area contributed by atoms with E-state index in [-0.39, 0.29) is 12.2 Å². The molecule has 5 heteroatoms. The predicted molar refractivity (Wildman–Crippen MR) is 91.4 cm³/mol. The summed E-state index contributed by atoms with van der Waals surface area (Å²) in [4.78, 5) is 18.7. The Morgan fingerprint density at radius 1 is 1.41 bits per heavy atom. The topological polar surface area (TPSA) is 56.3 Å². The average Bonchev–Trinajstić information content (AvgIpc) is 2.55. The first-order valence-electron chi connectivity index (χ1n) is 7.73. The van der Waals surface area contributed by atoms with Gasteiger partial charge in [-0.1, -0.05) is 6.07 Å². The SMILES string of the molecule is CSc1ccc2cc(CN3CCC[C@@H](CO)C3)c(=O)[nH]c2c1. The van der Waals surface area contributed by atoms with Crippen LogP contribution in [0.15, 0.2) is 34.0 Å². The number of fused-ring (bicyclic) bond motifs is 1. The summed E-state index contributed by atoms with van der Waals surface area (Å²) in [7, 11) is 0. The lowest BCUT2D eigenvalue weighted by atomic mass is 9.98. The standard InChI is InChI=1S/C17H22N2O2S/c1-22-15-5-4-13-7-14(17(21)18-16(13)8-15)10-19-6-2-3-12(9-19)11-20/h4-5,7-8,12,20H,2-3,6,9-11H2,1H3,(H,18,21)/t12-/m1/s1. The van der Waals surface area contributed by atoms with Gasteiger partial charge in [-0.3, -0.25) is 9.69 Å². The molecule has 1 aliphatic rings. The molecule has 1 aromatic heterocycles. The summed E-state index contributed by atoms with van der Waals surface area (Å²) in [5, 5.41) is 10.4. The van der Waals surface area contributed by atoms with E-state index in [1.54, 1.807) is 11.8 Å². The Kier molecular flexibility index (Phi) is 4.86. The summed E-state index contributed by atoms with van der Waals surface area (Å²) >= 11 is 1.67. The predicted octanol–water partition coefficient (Wildman–Crippen LogP) is 2.45. The average molecular weight is 318 g/mol. The Balaban J connectivity index is 1.84. The van der Waals surface area contributed by atoms with Gasteiger partial charge in [0, 0.05) is 35.7 Å². The molecule has 0 bridgehead atoms. The zero-order valence-electron chi connectivity index (χ0n) is 12.8. The van der Waals surface area contributed by atoms with Crippen molar-refractivity contribution in [1.82, 2.24) is 9.88 Å². The largest absolute Gasteiger partial charge is 0.396 e. The first-order valence-corrected chi connectivity index (χ1v) is 8.95. The van der Waals surface area contributed by atoms with E-state index in [0.29, 0.717) is 12.5 Å². The van der Waals surface area contributed by atoms with E-state index < -0.39 is 0 Å². The summed E-state index contributed by atoms with van der Waals surface area (Å²) in [6.07, 6.45) is 4.20. The highest BCUT2D eigenvalue weighted by Gasteiger charge is 2.20. The zero-order valence-corrected chi connectivity index (χ0v) is 13.7. The van der Waals surface area contributed by atoms with Crippen LogP contribution >= 0.6 is 11.8 Å². The maximum absolute atomic E-state index is 12.3. The Morgan fingerprint density at radius 3 is 3.05 bits per heavy atom. The zero-order chi connectivity index (χ0) is 15.5. The molecule has 0 radical (unpaired) electrons. The quantitative estimate of drug-likeness (QED) is 0.850. The minimum absolute atomic E-state index is 0.00289. The number of thioether (sulfide) groups is 1. The van der Waals surface area contributed by atoms with Crippen molar-refractivity contribution in [3.63, 3.8) is 0 Å². The second-order valence-corrected chi connectivity index (χ2v) is 6.88. The number of hydrogen-bond acceptors (Lipinski definition) is 4. The molecule has 1 aliphatic heterocycles. The van der Waals surface area contributed by atoms with Gasteiger partial charge in [-0.25, -0.2) is 0 Å². The van der Waals surface area contributed by atoms with E-state index >= 15 is 0 Å². The number of pyridine rings is 1. The van der Waals surface area contributed by atoms with Gasteiger partial charge in [0.05, 0.1) is 0 Å². The molecule has 1 atom stereocenters. The lowest BCUT2D eigenvalue weighted by Crippen LogP contribution is -2.37. The fourth-order valence-electron chi connectivity index (χ4n) is 3.15. The molecule has 118 valence electrons. The van der Waals surface area contributed by atoms with Gasteiger partial charge in [0.2, 0.25) is 0 Å². The number of nitrogens with zero attached hydrogens (tertiary/aromatic N) is 1. The molecular weight excluding hydrogens is 296 g/mol. The minimum atomic E-state index is -0.00289. The molecule has 0 unspecified atom stereocenters. The second kappa shape index (κ2) is 6.86. The number of rotatable bonds is 4. The first kappa shape index (κ1) is 15.6. The lowest BCUT2D eigenvalue weighted by Gasteiger charge is -2.31. The van der Waals surface area contributed by atoms with E-state index in [9.17, 15) is 9.90 Å². The van der Waals surface area contributed by atoms with Gasteiger partial charge < -0.3 is 10.1 Å². The van der Waals surface area contributed by atoms with Crippen LogP contribution in [-0.4, -0.2) is 40.9 Å². The summed E-state index contributed by atoms with van der Waals surface area (Å²) in [6.45, 7) is 2.77. The monoisotopic (exact) mass is 318 g/mol. The van der Waals surface area contributed by atoms with E-state index in [0.717, 1.165) is 47.3 Å². The number of piperidine rings is 1. The molecule has 0 saturated carbocycles. The third-order valence-corrected chi connectivity index (χ3v) is 5.11. The van der Waals surface area contributed by atoms with E-state index in [1.807, 2.05) is 18.4 Å². The van der Waals surface area contributed by atoms with E-state index in [1.165, 1.54) is 0 Å². The smallest absolute Gasteiger partial charge is 0.252 e. The van der Waals surface area contributed by atoms with Gasteiger partial charge in [-0.05, 0) is 55.1 Å². The van der Waals surface area contributed by atoms with Crippen molar-refractivity contribution in [2.24, 2.45) is 5.92 Å². The van der Waals surface area contributed by atoms with Crippen molar-refractivity contribution in [2.75, 3.05) is 26.0 Å². The fourth-order valence-corrected chi connectivity index (χ4v) is 3.59. The Morgan fingerprint density at radius 2 is 2.27 bits per heavy atom. The minimum Gasteiger partial charge on any atom is -0.396 e. The van der Waals surface area contributed by atoms with Gasteiger partial charge >= 0.3 is 0 Å². The van der Waals surface area contributed by atoms with Gasteiger partial charge in [0.25, 0.3) is 5.56 Å². The summed E-state index contributed by atoms with van der Waals surface area (Å²) in [6, 6.07) is 8.17. The van der Waals surface area contributed by atoms with Crippen LogP contribution in [0, 0.1) is 5.92 Å². The Hall–Kier alpha value is -1.30. The number of aromatic amines is 1. The molecule has 2 heterocycles. The highest BCUT2D eigenvalue weighted by atomic mass is 32.2. The van der Waals surface area contributed by atoms with E-state index in [4.69, 9.17) is 0 Å². The van der Waals surface area contributed by atoms with Crippen LogP contribution in [0.3, 0.4) is 0 Å². The molecule has 2 N–H and O–H groups in total. The summed E-state index contributed by atoms with van der Waals surface area (Å²) < 4.78 is 0.